The van der Waals surface area contributed by atoms with Crippen molar-refractivity contribution in [3.05, 3.63) is 22.9 Å². The summed E-state index contributed by atoms with van der Waals surface area (Å²) in [5.74, 6) is -0.102. The molecule has 1 atom stereocenters. The highest BCUT2D eigenvalue weighted by molar-refractivity contribution is 5.75. The monoisotopic (exact) mass is 237 g/mol. The standard InChI is InChI=1S/C12H19N3O2/c1-3-9(2)13-11(16)8-14-6-7-15(12(14)17)10-4-5-10/h6-7,9-10H,3-5,8H2,1-2H3,(H,13,16). The van der Waals surface area contributed by atoms with Crippen LogP contribution in [0.4, 0.5) is 0 Å². The number of aromatic nitrogens is 2. The SMILES string of the molecule is CCC(C)NC(=O)Cn1ccn(C2CC2)c1=O. The topological polar surface area (TPSA) is 56.0 Å². The minimum Gasteiger partial charge on any atom is -0.352 e. The lowest BCUT2D eigenvalue weighted by Gasteiger charge is -2.11. The fourth-order valence-corrected chi connectivity index (χ4v) is 1.76. The Kier molecular flexibility index (Phi) is 3.36. The van der Waals surface area contributed by atoms with Crippen LogP contribution in [-0.2, 0) is 11.3 Å². The maximum absolute atomic E-state index is 11.9. The van der Waals surface area contributed by atoms with Crippen LogP contribution in [0.2, 0.25) is 0 Å². The molecule has 1 unspecified atom stereocenters. The zero-order chi connectivity index (χ0) is 12.4. The average molecular weight is 237 g/mol. The van der Waals surface area contributed by atoms with E-state index in [1.807, 2.05) is 13.8 Å². The molecule has 1 N–H and O–H groups in total. The number of hydrogen-bond donors (Lipinski definition) is 1. The van der Waals surface area contributed by atoms with Crippen LogP contribution in [-0.4, -0.2) is 21.1 Å². The minimum atomic E-state index is -0.102. The highest BCUT2D eigenvalue weighted by Gasteiger charge is 2.25. The summed E-state index contributed by atoms with van der Waals surface area (Å²) < 4.78 is 3.19. The summed E-state index contributed by atoms with van der Waals surface area (Å²) >= 11 is 0. The van der Waals surface area contributed by atoms with Crippen molar-refractivity contribution in [2.45, 2.75) is 51.7 Å². The largest absolute Gasteiger partial charge is 0.352 e. The zero-order valence-corrected chi connectivity index (χ0v) is 10.3. The second-order valence-corrected chi connectivity index (χ2v) is 4.72. The first-order valence-corrected chi connectivity index (χ1v) is 6.18. The van der Waals surface area contributed by atoms with E-state index < -0.39 is 0 Å². The Bertz CT molecular complexity index is 457. The van der Waals surface area contributed by atoms with Crippen LogP contribution >= 0.6 is 0 Å². The van der Waals surface area contributed by atoms with Gasteiger partial charge in [-0.1, -0.05) is 6.92 Å². The summed E-state index contributed by atoms with van der Waals surface area (Å²) in [6.07, 6.45) is 6.50. The lowest BCUT2D eigenvalue weighted by Crippen LogP contribution is -2.37. The van der Waals surface area contributed by atoms with Gasteiger partial charge < -0.3 is 5.32 Å². The molecule has 94 valence electrons. The summed E-state index contributed by atoms with van der Waals surface area (Å²) in [5.41, 5.74) is -0.0770. The molecular formula is C12H19N3O2. The third-order valence-corrected chi connectivity index (χ3v) is 3.15. The first kappa shape index (κ1) is 12.0. The van der Waals surface area contributed by atoms with Crippen molar-refractivity contribution in [1.82, 2.24) is 14.5 Å². The number of carbonyl (C=O) groups excluding carboxylic acids is 1. The molecule has 2 rings (SSSR count). The van der Waals surface area contributed by atoms with E-state index in [0.717, 1.165) is 19.3 Å². The number of rotatable bonds is 5. The van der Waals surface area contributed by atoms with Gasteiger partial charge >= 0.3 is 5.69 Å². The maximum atomic E-state index is 11.9. The van der Waals surface area contributed by atoms with E-state index in [9.17, 15) is 9.59 Å². The fourth-order valence-electron chi connectivity index (χ4n) is 1.76. The first-order valence-electron chi connectivity index (χ1n) is 6.18. The van der Waals surface area contributed by atoms with Gasteiger partial charge in [0.25, 0.3) is 0 Å². The molecule has 0 bridgehead atoms. The second-order valence-electron chi connectivity index (χ2n) is 4.72. The Hall–Kier alpha value is -1.52. The summed E-state index contributed by atoms with van der Waals surface area (Å²) in [7, 11) is 0. The van der Waals surface area contributed by atoms with Gasteiger partial charge in [0.1, 0.15) is 6.54 Å². The Balaban J connectivity index is 1.99. The molecular weight excluding hydrogens is 218 g/mol. The Morgan fingerprint density at radius 2 is 2.24 bits per heavy atom. The molecule has 17 heavy (non-hydrogen) atoms. The quantitative estimate of drug-likeness (QED) is 0.827. The van der Waals surface area contributed by atoms with E-state index in [-0.39, 0.29) is 24.2 Å². The van der Waals surface area contributed by atoms with Gasteiger partial charge in [0.15, 0.2) is 0 Å². The smallest absolute Gasteiger partial charge is 0.328 e. The van der Waals surface area contributed by atoms with Crippen LogP contribution in [0.3, 0.4) is 0 Å². The number of nitrogens with zero attached hydrogens (tertiary/aromatic N) is 2. The minimum absolute atomic E-state index is 0.0770. The normalized spacial score (nSPS) is 16.8. The molecule has 0 radical (unpaired) electrons. The van der Waals surface area contributed by atoms with Gasteiger partial charge in [0.05, 0.1) is 0 Å². The molecule has 1 aliphatic carbocycles. The van der Waals surface area contributed by atoms with Crippen molar-refractivity contribution in [2.24, 2.45) is 0 Å². The van der Waals surface area contributed by atoms with Gasteiger partial charge in [-0.05, 0) is 26.2 Å². The van der Waals surface area contributed by atoms with Gasteiger partial charge in [-0.3, -0.25) is 13.9 Å². The van der Waals surface area contributed by atoms with Crippen LogP contribution in [0.5, 0.6) is 0 Å². The van der Waals surface area contributed by atoms with Crippen molar-refractivity contribution in [3.63, 3.8) is 0 Å². The third kappa shape index (κ3) is 2.78. The number of imidazole rings is 1. The number of carbonyl (C=O) groups is 1. The van der Waals surface area contributed by atoms with E-state index >= 15 is 0 Å². The number of nitrogens with one attached hydrogen (secondary N) is 1. The molecule has 1 aromatic rings. The molecule has 0 saturated heterocycles. The predicted octanol–water partition coefficient (Wildman–Crippen LogP) is 0.899. The van der Waals surface area contributed by atoms with Crippen LogP contribution in [0.1, 0.15) is 39.2 Å². The summed E-state index contributed by atoms with van der Waals surface area (Å²) in [5, 5.41) is 2.85. The lowest BCUT2D eigenvalue weighted by atomic mass is 10.2. The summed E-state index contributed by atoms with van der Waals surface area (Å²) in [6.45, 7) is 4.08. The average Bonchev–Trinajstić information content (AvgIpc) is 3.06. The highest BCUT2D eigenvalue weighted by atomic mass is 16.2. The number of hydrogen-bond acceptors (Lipinski definition) is 2. The Labute approximate surface area is 100 Å². The molecule has 1 aromatic heterocycles. The molecule has 1 heterocycles. The van der Waals surface area contributed by atoms with Crippen LogP contribution in [0, 0.1) is 0 Å². The van der Waals surface area contributed by atoms with Gasteiger partial charge in [-0.15, -0.1) is 0 Å². The fraction of sp³-hybridized carbons (Fsp3) is 0.667. The molecule has 1 fully saturated rings. The summed E-state index contributed by atoms with van der Waals surface area (Å²) in [6, 6.07) is 0.519. The molecule has 1 saturated carbocycles. The second kappa shape index (κ2) is 4.77. The molecule has 1 aliphatic rings. The van der Waals surface area contributed by atoms with Gasteiger partial charge in [0, 0.05) is 24.5 Å². The lowest BCUT2D eigenvalue weighted by molar-refractivity contribution is -0.122. The van der Waals surface area contributed by atoms with E-state index in [1.165, 1.54) is 4.57 Å². The predicted molar refractivity (Wildman–Crippen MR) is 64.9 cm³/mol. The van der Waals surface area contributed by atoms with Gasteiger partial charge in [0.2, 0.25) is 5.91 Å². The Morgan fingerprint density at radius 1 is 1.53 bits per heavy atom. The van der Waals surface area contributed by atoms with Crippen LogP contribution < -0.4 is 11.0 Å². The Morgan fingerprint density at radius 3 is 2.82 bits per heavy atom. The molecule has 5 nitrogen and oxygen atoms in total. The van der Waals surface area contributed by atoms with Crippen molar-refractivity contribution < 1.29 is 4.79 Å². The molecule has 0 aromatic carbocycles. The van der Waals surface area contributed by atoms with Crippen molar-refractivity contribution in [2.75, 3.05) is 0 Å². The van der Waals surface area contributed by atoms with E-state index in [2.05, 4.69) is 5.32 Å². The zero-order valence-electron chi connectivity index (χ0n) is 10.3. The van der Waals surface area contributed by atoms with Crippen LogP contribution in [0.25, 0.3) is 0 Å². The van der Waals surface area contributed by atoms with Crippen LogP contribution in [0.15, 0.2) is 17.2 Å². The molecule has 1 amide bonds. The van der Waals surface area contributed by atoms with Gasteiger partial charge in [-0.25, -0.2) is 4.79 Å². The molecule has 0 aliphatic heterocycles. The van der Waals surface area contributed by atoms with Crippen molar-refractivity contribution in [1.29, 1.82) is 0 Å². The number of amides is 1. The van der Waals surface area contributed by atoms with Crippen molar-refractivity contribution >= 4 is 5.91 Å². The molecule has 5 heteroatoms. The van der Waals surface area contributed by atoms with E-state index in [0.29, 0.717) is 6.04 Å². The maximum Gasteiger partial charge on any atom is 0.328 e. The van der Waals surface area contributed by atoms with Gasteiger partial charge in [-0.2, -0.15) is 0 Å². The first-order chi connectivity index (χ1) is 8.11. The summed E-state index contributed by atoms with van der Waals surface area (Å²) in [4.78, 5) is 23.5. The van der Waals surface area contributed by atoms with E-state index in [1.54, 1.807) is 17.0 Å². The molecule has 0 spiro atoms. The van der Waals surface area contributed by atoms with Crippen molar-refractivity contribution in [3.8, 4) is 0 Å². The van der Waals surface area contributed by atoms with E-state index in [4.69, 9.17) is 0 Å². The highest BCUT2D eigenvalue weighted by Crippen LogP contribution is 2.33. The third-order valence-electron chi connectivity index (χ3n) is 3.15.